The van der Waals surface area contributed by atoms with Gasteiger partial charge >= 0.3 is 0 Å². The minimum absolute atomic E-state index is 0.0605. The Hall–Kier alpha value is -2.57. The lowest BCUT2D eigenvalue weighted by Gasteiger charge is -2.27. The van der Waals surface area contributed by atoms with Gasteiger partial charge in [-0.15, -0.1) is 0 Å². The molecule has 1 saturated heterocycles. The third-order valence-electron chi connectivity index (χ3n) is 6.12. The first-order valence-corrected chi connectivity index (χ1v) is 11.5. The molecule has 32 heavy (non-hydrogen) atoms. The van der Waals surface area contributed by atoms with Crippen LogP contribution >= 0.6 is 11.6 Å². The Labute approximate surface area is 195 Å². The van der Waals surface area contributed by atoms with Gasteiger partial charge in [0.05, 0.1) is 13.2 Å². The molecule has 2 amide bonds. The monoisotopic (exact) mass is 457 g/mol. The van der Waals surface area contributed by atoms with E-state index in [4.69, 9.17) is 16.3 Å². The van der Waals surface area contributed by atoms with E-state index in [2.05, 4.69) is 10.2 Å². The maximum atomic E-state index is 12.8. The number of benzene rings is 2. The van der Waals surface area contributed by atoms with E-state index < -0.39 is 0 Å². The summed E-state index contributed by atoms with van der Waals surface area (Å²) in [5.74, 6) is 0.917. The molecule has 0 aliphatic carbocycles. The van der Waals surface area contributed by atoms with Crippen LogP contribution in [0.5, 0.6) is 5.75 Å². The first-order valence-electron chi connectivity index (χ1n) is 11.1. The number of amides is 2. The van der Waals surface area contributed by atoms with Crippen molar-refractivity contribution in [2.24, 2.45) is 0 Å². The summed E-state index contributed by atoms with van der Waals surface area (Å²) in [5, 5.41) is 3.63. The summed E-state index contributed by atoms with van der Waals surface area (Å²) < 4.78 is 5.18. The first kappa shape index (κ1) is 24.1. The molecule has 1 unspecified atom stereocenters. The van der Waals surface area contributed by atoms with E-state index in [1.165, 1.54) is 0 Å². The highest BCUT2D eigenvalue weighted by atomic mass is 35.5. The van der Waals surface area contributed by atoms with Crippen molar-refractivity contribution in [2.75, 3.05) is 38.6 Å². The average Bonchev–Trinajstić information content (AvgIpc) is 3.06. The SMILES string of the molecule is COc1ccc(CCC(=O)N2CCCN(C(C)C(=O)Nc3cccc(Cl)c3C)CC2)cc1. The molecule has 1 N–H and O–H groups in total. The standard InChI is InChI=1S/C25H32ClN3O3/c1-18-22(26)6-4-7-23(18)27-25(31)19(2)28-14-5-15-29(17-16-28)24(30)13-10-20-8-11-21(32-3)12-9-20/h4,6-9,11-12,19H,5,10,13-17H2,1-3H3,(H,27,31). The number of anilines is 1. The predicted octanol–water partition coefficient (Wildman–Crippen LogP) is 4.15. The van der Waals surface area contributed by atoms with Crippen LogP contribution in [0.1, 0.15) is 30.9 Å². The zero-order chi connectivity index (χ0) is 23.1. The zero-order valence-corrected chi connectivity index (χ0v) is 19.8. The number of rotatable bonds is 7. The van der Waals surface area contributed by atoms with Gasteiger partial charge in [-0.3, -0.25) is 14.5 Å². The van der Waals surface area contributed by atoms with Crippen LogP contribution < -0.4 is 10.1 Å². The molecule has 0 spiro atoms. The van der Waals surface area contributed by atoms with Gasteiger partial charge in [0.1, 0.15) is 5.75 Å². The van der Waals surface area contributed by atoms with Crippen molar-refractivity contribution >= 4 is 29.1 Å². The van der Waals surface area contributed by atoms with Crippen LogP contribution in [0.2, 0.25) is 5.02 Å². The fourth-order valence-corrected chi connectivity index (χ4v) is 4.10. The van der Waals surface area contributed by atoms with Gasteiger partial charge < -0.3 is 15.0 Å². The topological polar surface area (TPSA) is 61.9 Å². The Morgan fingerprint density at radius 1 is 1.09 bits per heavy atom. The summed E-state index contributed by atoms with van der Waals surface area (Å²) in [6.07, 6.45) is 2.04. The maximum Gasteiger partial charge on any atom is 0.241 e. The van der Waals surface area contributed by atoms with Gasteiger partial charge in [0, 0.05) is 43.3 Å². The van der Waals surface area contributed by atoms with Crippen LogP contribution in [0, 0.1) is 6.92 Å². The second-order valence-electron chi connectivity index (χ2n) is 8.20. The average molecular weight is 458 g/mol. The number of hydrogen-bond donors (Lipinski definition) is 1. The van der Waals surface area contributed by atoms with Crippen molar-refractivity contribution in [3.05, 3.63) is 58.6 Å². The Balaban J connectivity index is 1.50. The van der Waals surface area contributed by atoms with Crippen molar-refractivity contribution in [3.63, 3.8) is 0 Å². The van der Waals surface area contributed by atoms with E-state index in [9.17, 15) is 9.59 Å². The lowest BCUT2D eigenvalue weighted by molar-refractivity contribution is -0.131. The number of aryl methyl sites for hydroxylation is 1. The number of methoxy groups -OCH3 is 1. The number of hydrogen-bond acceptors (Lipinski definition) is 4. The van der Waals surface area contributed by atoms with Crippen LogP contribution in [-0.4, -0.2) is 60.9 Å². The molecule has 1 fully saturated rings. The molecule has 2 aromatic rings. The molecule has 0 bridgehead atoms. The van der Waals surface area contributed by atoms with Gasteiger partial charge in [-0.2, -0.15) is 0 Å². The van der Waals surface area contributed by atoms with Gasteiger partial charge in [0.15, 0.2) is 0 Å². The molecule has 2 aromatic carbocycles. The third kappa shape index (κ3) is 6.24. The molecular weight excluding hydrogens is 426 g/mol. The Bertz CT molecular complexity index is 933. The minimum atomic E-state index is -0.289. The Morgan fingerprint density at radius 2 is 1.84 bits per heavy atom. The van der Waals surface area contributed by atoms with E-state index in [0.29, 0.717) is 31.0 Å². The molecule has 1 heterocycles. The summed E-state index contributed by atoms with van der Waals surface area (Å²) >= 11 is 6.17. The molecule has 0 radical (unpaired) electrons. The Kier molecular flexibility index (Phi) is 8.53. The summed E-state index contributed by atoms with van der Waals surface area (Å²) in [4.78, 5) is 29.7. The number of ether oxygens (including phenoxy) is 1. The van der Waals surface area contributed by atoms with Crippen LogP contribution in [0.4, 0.5) is 5.69 Å². The van der Waals surface area contributed by atoms with Crippen LogP contribution in [0.15, 0.2) is 42.5 Å². The molecule has 172 valence electrons. The summed E-state index contributed by atoms with van der Waals surface area (Å²) in [6, 6.07) is 13.0. The van der Waals surface area contributed by atoms with Crippen LogP contribution in [-0.2, 0) is 16.0 Å². The Morgan fingerprint density at radius 3 is 2.56 bits per heavy atom. The number of nitrogens with one attached hydrogen (secondary N) is 1. The molecule has 1 atom stereocenters. The lowest BCUT2D eigenvalue weighted by atomic mass is 10.1. The molecule has 1 aliphatic heterocycles. The molecule has 0 aromatic heterocycles. The quantitative estimate of drug-likeness (QED) is 0.678. The van der Waals surface area contributed by atoms with Crippen molar-refractivity contribution in [2.45, 2.75) is 39.2 Å². The van der Waals surface area contributed by atoms with Gasteiger partial charge in [-0.05, 0) is 62.1 Å². The third-order valence-corrected chi connectivity index (χ3v) is 6.53. The van der Waals surface area contributed by atoms with Gasteiger partial charge in [0.2, 0.25) is 11.8 Å². The fourth-order valence-electron chi connectivity index (χ4n) is 3.92. The van der Waals surface area contributed by atoms with E-state index in [-0.39, 0.29) is 17.9 Å². The lowest BCUT2D eigenvalue weighted by Crippen LogP contribution is -2.44. The number of carbonyl (C=O) groups excluding carboxylic acids is 2. The van der Waals surface area contributed by atoms with Crippen molar-refractivity contribution in [1.82, 2.24) is 9.80 Å². The highest BCUT2D eigenvalue weighted by molar-refractivity contribution is 6.31. The number of nitrogens with zero attached hydrogens (tertiary/aromatic N) is 2. The molecule has 3 rings (SSSR count). The van der Waals surface area contributed by atoms with Crippen LogP contribution in [0.25, 0.3) is 0 Å². The van der Waals surface area contributed by atoms with Crippen molar-refractivity contribution in [3.8, 4) is 5.75 Å². The highest BCUT2D eigenvalue weighted by Gasteiger charge is 2.26. The summed E-state index contributed by atoms with van der Waals surface area (Å²) in [5.41, 5.74) is 2.72. The molecule has 7 heteroatoms. The maximum absolute atomic E-state index is 12.8. The molecule has 0 saturated carbocycles. The normalized spacial score (nSPS) is 15.7. The predicted molar refractivity (Wildman–Crippen MR) is 128 cm³/mol. The van der Waals surface area contributed by atoms with Crippen molar-refractivity contribution in [1.29, 1.82) is 0 Å². The largest absolute Gasteiger partial charge is 0.497 e. The summed E-state index contributed by atoms with van der Waals surface area (Å²) in [7, 11) is 1.64. The second kappa shape index (κ2) is 11.3. The number of carbonyl (C=O) groups is 2. The van der Waals surface area contributed by atoms with Crippen molar-refractivity contribution < 1.29 is 14.3 Å². The molecule has 6 nitrogen and oxygen atoms in total. The van der Waals surface area contributed by atoms with Gasteiger partial charge in [-0.1, -0.05) is 29.8 Å². The van der Waals surface area contributed by atoms with Gasteiger partial charge in [-0.25, -0.2) is 0 Å². The van der Waals surface area contributed by atoms with E-state index in [1.54, 1.807) is 7.11 Å². The van der Waals surface area contributed by atoms with E-state index in [0.717, 1.165) is 42.1 Å². The second-order valence-corrected chi connectivity index (χ2v) is 8.60. The summed E-state index contributed by atoms with van der Waals surface area (Å²) in [6.45, 7) is 6.62. The molecular formula is C25H32ClN3O3. The number of halogens is 1. The van der Waals surface area contributed by atoms with E-state index in [1.807, 2.05) is 61.2 Å². The zero-order valence-electron chi connectivity index (χ0n) is 19.1. The van der Waals surface area contributed by atoms with E-state index >= 15 is 0 Å². The minimum Gasteiger partial charge on any atom is -0.497 e. The molecule has 1 aliphatic rings. The van der Waals surface area contributed by atoms with Gasteiger partial charge in [0.25, 0.3) is 0 Å². The fraction of sp³-hybridized carbons (Fsp3) is 0.440. The highest BCUT2D eigenvalue weighted by Crippen LogP contribution is 2.23. The first-order chi connectivity index (χ1) is 15.4. The van der Waals surface area contributed by atoms with Crippen LogP contribution in [0.3, 0.4) is 0 Å². The smallest absolute Gasteiger partial charge is 0.241 e.